The van der Waals surface area contributed by atoms with E-state index < -0.39 is 0 Å². The number of hydrogen-bond donors (Lipinski definition) is 2. The molecule has 0 aliphatic carbocycles. The highest BCUT2D eigenvalue weighted by molar-refractivity contribution is 5.93. The maximum Gasteiger partial charge on any atom is 0.254 e. The van der Waals surface area contributed by atoms with Crippen molar-refractivity contribution >= 4 is 23.2 Å². The van der Waals surface area contributed by atoms with Gasteiger partial charge in [-0.25, -0.2) is 9.97 Å². The summed E-state index contributed by atoms with van der Waals surface area (Å²) in [6, 6.07) is 8.35. The third-order valence-electron chi connectivity index (χ3n) is 4.82. The van der Waals surface area contributed by atoms with Gasteiger partial charge in [0.1, 0.15) is 0 Å². The number of unbranched alkanes of at least 4 members (excludes halogenated alkanes) is 2. The minimum atomic E-state index is -0.122. The molecule has 1 aliphatic rings. The molecule has 0 saturated carbocycles. The van der Waals surface area contributed by atoms with Crippen LogP contribution in [0.5, 0.6) is 0 Å². The lowest BCUT2D eigenvalue weighted by Gasteiger charge is -2.28. The normalized spacial score (nSPS) is 14.0. The number of nitrogens with zero attached hydrogens (tertiary/aromatic N) is 3. The van der Waals surface area contributed by atoms with Gasteiger partial charge in [0, 0.05) is 43.4 Å². The minimum Gasteiger partial charge on any atom is -0.372 e. The van der Waals surface area contributed by atoms with E-state index in [2.05, 4.69) is 44.6 Å². The molecule has 2 heterocycles. The lowest BCUT2D eigenvalue weighted by molar-refractivity contribution is 0.0952. The zero-order valence-electron chi connectivity index (χ0n) is 16.1. The first-order valence-electron chi connectivity index (χ1n) is 9.98. The van der Waals surface area contributed by atoms with Crippen LogP contribution >= 0.6 is 0 Å². The van der Waals surface area contributed by atoms with Gasteiger partial charge in [0.15, 0.2) is 0 Å². The van der Waals surface area contributed by atoms with Gasteiger partial charge in [-0.15, -0.1) is 0 Å². The van der Waals surface area contributed by atoms with Crippen LogP contribution in [-0.2, 0) is 0 Å². The molecule has 27 heavy (non-hydrogen) atoms. The summed E-state index contributed by atoms with van der Waals surface area (Å²) in [5.41, 5.74) is 2.68. The van der Waals surface area contributed by atoms with E-state index in [-0.39, 0.29) is 5.91 Å². The van der Waals surface area contributed by atoms with Crippen LogP contribution in [0.25, 0.3) is 0 Å². The van der Waals surface area contributed by atoms with Crippen molar-refractivity contribution in [3.8, 4) is 0 Å². The summed E-state index contributed by atoms with van der Waals surface area (Å²) in [6.07, 6.45) is 10.3. The summed E-state index contributed by atoms with van der Waals surface area (Å²) in [5.74, 6) is 0.367. The number of nitrogens with one attached hydrogen (secondary N) is 2. The molecule has 3 rings (SSSR count). The van der Waals surface area contributed by atoms with Gasteiger partial charge >= 0.3 is 0 Å². The van der Waals surface area contributed by atoms with Gasteiger partial charge in [0.2, 0.25) is 5.95 Å². The molecule has 1 saturated heterocycles. The van der Waals surface area contributed by atoms with Crippen molar-refractivity contribution in [2.24, 2.45) is 0 Å². The zero-order chi connectivity index (χ0) is 18.9. The number of carbonyl (C=O) groups is 1. The number of amides is 1. The fraction of sp³-hybridized carbons (Fsp3) is 0.476. The van der Waals surface area contributed by atoms with Crippen molar-refractivity contribution in [2.75, 3.05) is 29.9 Å². The minimum absolute atomic E-state index is 0.122. The zero-order valence-corrected chi connectivity index (χ0v) is 16.1. The predicted molar refractivity (Wildman–Crippen MR) is 110 cm³/mol. The van der Waals surface area contributed by atoms with Crippen LogP contribution in [-0.4, -0.2) is 35.5 Å². The van der Waals surface area contributed by atoms with Gasteiger partial charge < -0.3 is 15.5 Å². The van der Waals surface area contributed by atoms with E-state index in [9.17, 15) is 4.79 Å². The standard InChI is InChI=1S/C21H29N5O/c1-2-3-5-12-22-20(27)17-15-23-21(24-16-17)25-18-8-10-19(11-9-18)26-13-6-4-7-14-26/h8-11,15-16H,2-7,12-14H2,1H3,(H,22,27)(H,23,24,25). The van der Waals surface area contributed by atoms with Gasteiger partial charge in [0.05, 0.1) is 5.56 Å². The molecule has 6 heteroatoms. The summed E-state index contributed by atoms with van der Waals surface area (Å²) in [6.45, 7) is 5.11. The van der Waals surface area contributed by atoms with Crippen molar-refractivity contribution in [3.05, 3.63) is 42.2 Å². The number of rotatable bonds is 8. The third-order valence-corrected chi connectivity index (χ3v) is 4.82. The van der Waals surface area contributed by atoms with Crippen LogP contribution in [0, 0.1) is 0 Å². The van der Waals surface area contributed by atoms with E-state index >= 15 is 0 Å². The monoisotopic (exact) mass is 367 g/mol. The molecule has 1 aromatic heterocycles. The van der Waals surface area contributed by atoms with Crippen LogP contribution in [0.4, 0.5) is 17.3 Å². The molecular weight excluding hydrogens is 338 g/mol. The Kier molecular flexibility index (Phi) is 7.02. The van der Waals surface area contributed by atoms with Gasteiger partial charge in [0.25, 0.3) is 5.91 Å². The average Bonchev–Trinajstić information content (AvgIpc) is 2.73. The average molecular weight is 367 g/mol. The van der Waals surface area contributed by atoms with E-state index in [0.717, 1.165) is 38.0 Å². The summed E-state index contributed by atoms with van der Waals surface area (Å²) >= 11 is 0. The number of piperidine rings is 1. The topological polar surface area (TPSA) is 70.2 Å². The second-order valence-electron chi connectivity index (χ2n) is 6.98. The Hall–Kier alpha value is -2.63. The fourth-order valence-corrected chi connectivity index (χ4v) is 3.23. The largest absolute Gasteiger partial charge is 0.372 e. The number of carbonyl (C=O) groups excluding carboxylic acids is 1. The Morgan fingerprint density at radius 1 is 1.04 bits per heavy atom. The van der Waals surface area contributed by atoms with E-state index in [0.29, 0.717) is 18.1 Å². The highest BCUT2D eigenvalue weighted by atomic mass is 16.1. The van der Waals surface area contributed by atoms with Crippen LogP contribution in [0.15, 0.2) is 36.7 Å². The predicted octanol–water partition coefficient (Wildman–Crippen LogP) is 4.13. The quantitative estimate of drug-likeness (QED) is 0.687. The van der Waals surface area contributed by atoms with Crippen molar-refractivity contribution in [1.82, 2.24) is 15.3 Å². The van der Waals surface area contributed by atoms with Crippen molar-refractivity contribution in [1.29, 1.82) is 0 Å². The van der Waals surface area contributed by atoms with Crippen LogP contribution < -0.4 is 15.5 Å². The lowest BCUT2D eigenvalue weighted by Crippen LogP contribution is -2.29. The molecule has 2 aromatic rings. The molecule has 2 N–H and O–H groups in total. The molecule has 1 fully saturated rings. The van der Waals surface area contributed by atoms with Crippen molar-refractivity contribution < 1.29 is 4.79 Å². The van der Waals surface area contributed by atoms with E-state index in [1.165, 1.54) is 24.9 Å². The Labute approximate surface area is 161 Å². The summed E-state index contributed by atoms with van der Waals surface area (Å²) in [5, 5.41) is 6.08. The number of aromatic nitrogens is 2. The van der Waals surface area contributed by atoms with Crippen LogP contribution in [0.1, 0.15) is 55.8 Å². The Morgan fingerprint density at radius 2 is 1.74 bits per heavy atom. The van der Waals surface area contributed by atoms with Crippen molar-refractivity contribution in [2.45, 2.75) is 45.4 Å². The van der Waals surface area contributed by atoms with Gasteiger partial charge in [-0.3, -0.25) is 4.79 Å². The molecular formula is C21H29N5O. The van der Waals surface area contributed by atoms with E-state index in [1.807, 2.05) is 12.1 Å². The molecule has 1 aromatic carbocycles. The molecule has 6 nitrogen and oxygen atoms in total. The first-order valence-corrected chi connectivity index (χ1v) is 9.98. The Bertz CT molecular complexity index is 708. The van der Waals surface area contributed by atoms with E-state index in [1.54, 1.807) is 12.4 Å². The van der Waals surface area contributed by atoms with E-state index in [4.69, 9.17) is 0 Å². The van der Waals surface area contributed by atoms with Gasteiger partial charge in [-0.05, 0) is 49.9 Å². The number of anilines is 3. The van der Waals surface area contributed by atoms with Crippen molar-refractivity contribution in [3.63, 3.8) is 0 Å². The molecule has 0 spiro atoms. The summed E-state index contributed by atoms with van der Waals surface area (Å²) < 4.78 is 0. The lowest BCUT2D eigenvalue weighted by atomic mass is 10.1. The maximum atomic E-state index is 12.0. The maximum absolute atomic E-state index is 12.0. The molecule has 0 bridgehead atoms. The molecule has 144 valence electrons. The SMILES string of the molecule is CCCCCNC(=O)c1cnc(Nc2ccc(N3CCCCC3)cc2)nc1. The van der Waals surface area contributed by atoms with Crippen LogP contribution in [0.2, 0.25) is 0 Å². The molecule has 0 unspecified atom stereocenters. The first kappa shape index (κ1) is 19.1. The number of hydrogen-bond acceptors (Lipinski definition) is 5. The second kappa shape index (κ2) is 9.90. The summed E-state index contributed by atoms with van der Waals surface area (Å²) in [7, 11) is 0. The highest BCUT2D eigenvalue weighted by Gasteiger charge is 2.11. The molecule has 1 amide bonds. The Morgan fingerprint density at radius 3 is 2.41 bits per heavy atom. The third kappa shape index (κ3) is 5.67. The molecule has 0 atom stereocenters. The van der Waals surface area contributed by atoms with Gasteiger partial charge in [-0.2, -0.15) is 0 Å². The van der Waals surface area contributed by atoms with Crippen LogP contribution in [0.3, 0.4) is 0 Å². The molecule has 0 radical (unpaired) electrons. The summed E-state index contributed by atoms with van der Waals surface area (Å²) in [4.78, 5) is 23.0. The highest BCUT2D eigenvalue weighted by Crippen LogP contribution is 2.22. The smallest absolute Gasteiger partial charge is 0.254 e. The fourth-order valence-electron chi connectivity index (χ4n) is 3.23. The molecule has 1 aliphatic heterocycles. The first-order chi connectivity index (χ1) is 13.3. The Balaban J connectivity index is 1.52. The second-order valence-corrected chi connectivity index (χ2v) is 6.98. The van der Waals surface area contributed by atoms with Gasteiger partial charge in [-0.1, -0.05) is 19.8 Å². The number of benzene rings is 1.